The van der Waals surface area contributed by atoms with Crippen molar-refractivity contribution in [3.05, 3.63) is 79.6 Å². The van der Waals surface area contributed by atoms with Gasteiger partial charge in [0.2, 0.25) is 5.43 Å². The van der Waals surface area contributed by atoms with Crippen LogP contribution in [-0.2, 0) is 13.0 Å². The highest BCUT2D eigenvalue weighted by atomic mass is 35.5. The van der Waals surface area contributed by atoms with E-state index in [2.05, 4.69) is 0 Å². The first kappa shape index (κ1) is 18.5. The highest BCUT2D eigenvalue weighted by molar-refractivity contribution is 6.42. The molecule has 0 spiro atoms. The van der Waals surface area contributed by atoms with Gasteiger partial charge in [0.15, 0.2) is 0 Å². The van der Waals surface area contributed by atoms with Crippen LogP contribution in [0.5, 0.6) is 0 Å². The van der Waals surface area contributed by atoms with Crippen LogP contribution in [-0.4, -0.2) is 27.4 Å². The maximum Gasteiger partial charge on any atom is 0.341 e. The Labute approximate surface area is 159 Å². The second-order valence-electron chi connectivity index (χ2n) is 5.84. The van der Waals surface area contributed by atoms with Gasteiger partial charge >= 0.3 is 5.97 Å². The van der Waals surface area contributed by atoms with Crippen LogP contribution in [0.1, 0.15) is 21.5 Å². The second-order valence-corrected chi connectivity index (χ2v) is 6.62. The SMILES string of the molecule is O=C(O)c1cn(CCO)c2ccc(Cc3cccc(Cl)c3Cl)cc2c1=O. The average Bonchev–Trinajstić information content (AvgIpc) is 2.61. The van der Waals surface area contributed by atoms with E-state index in [0.717, 1.165) is 11.1 Å². The number of hydrogen-bond acceptors (Lipinski definition) is 3. The molecule has 0 radical (unpaired) electrons. The molecule has 5 nitrogen and oxygen atoms in total. The number of carboxylic acids is 1. The molecule has 134 valence electrons. The Kier molecular flexibility index (Phi) is 5.32. The van der Waals surface area contributed by atoms with Crippen molar-refractivity contribution < 1.29 is 15.0 Å². The molecular formula is C19H15Cl2NO4. The van der Waals surface area contributed by atoms with Crippen LogP contribution in [0, 0.1) is 0 Å². The molecule has 2 N–H and O–H groups in total. The van der Waals surface area contributed by atoms with Gasteiger partial charge in [-0.15, -0.1) is 0 Å². The highest BCUT2D eigenvalue weighted by Gasteiger charge is 2.15. The van der Waals surface area contributed by atoms with Crippen LogP contribution >= 0.6 is 23.2 Å². The molecule has 0 bridgehead atoms. The molecule has 3 aromatic rings. The summed E-state index contributed by atoms with van der Waals surface area (Å²) in [7, 11) is 0. The molecule has 1 aromatic heterocycles. The molecule has 0 aliphatic carbocycles. The molecule has 26 heavy (non-hydrogen) atoms. The van der Waals surface area contributed by atoms with E-state index in [1.165, 1.54) is 6.20 Å². The van der Waals surface area contributed by atoms with Crippen LogP contribution < -0.4 is 5.43 Å². The van der Waals surface area contributed by atoms with Crippen LogP contribution in [0.25, 0.3) is 10.9 Å². The third-order valence-corrected chi connectivity index (χ3v) is 5.00. The van der Waals surface area contributed by atoms with Gasteiger partial charge in [-0.1, -0.05) is 41.4 Å². The molecule has 0 aliphatic heterocycles. The monoisotopic (exact) mass is 391 g/mol. The lowest BCUT2D eigenvalue weighted by Crippen LogP contribution is -2.19. The van der Waals surface area contributed by atoms with Crippen molar-refractivity contribution in [2.75, 3.05) is 6.61 Å². The van der Waals surface area contributed by atoms with Gasteiger partial charge in [0.25, 0.3) is 0 Å². The number of pyridine rings is 1. The number of aromatic nitrogens is 1. The lowest BCUT2D eigenvalue weighted by atomic mass is 10.0. The number of nitrogens with zero attached hydrogens (tertiary/aromatic N) is 1. The first-order valence-corrected chi connectivity index (χ1v) is 8.61. The van der Waals surface area contributed by atoms with Gasteiger partial charge < -0.3 is 14.8 Å². The van der Waals surface area contributed by atoms with E-state index in [1.54, 1.807) is 28.8 Å². The summed E-state index contributed by atoms with van der Waals surface area (Å²) in [6.45, 7) is 0.0213. The zero-order chi connectivity index (χ0) is 18.8. The Morgan fingerprint density at radius 3 is 2.62 bits per heavy atom. The fourth-order valence-corrected chi connectivity index (χ4v) is 3.29. The molecule has 3 rings (SSSR count). The number of carbonyl (C=O) groups is 1. The molecule has 0 fully saturated rings. The molecule has 0 saturated heterocycles. The Bertz CT molecular complexity index is 1060. The van der Waals surface area contributed by atoms with Crippen molar-refractivity contribution in [3.63, 3.8) is 0 Å². The van der Waals surface area contributed by atoms with Crippen molar-refractivity contribution in [3.8, 4) is 0 Å². The Morgan fingerprint density at radius 2 is 1.92 bits per heavy atom. The van der Waals surface area contributed by atoms with Crippen LogP contribution in [0.3, 0.4) is 0 Å². The molecule has 1 heterocycles. The molecule has 2 aromatic carbocycles. The summed E-state index contributed by atoms with van der Waals surface area (Å²) in [6, 6.07) is 10.6. The van der Waals surface area contributed by atoms with Crippen molar-refractivity contribution in [1.82, 2.24) is 4.57 Å². The summed E-state index contributed by atoms with van der Waals surface area (Å²) in [4.78, 5) is 23.9. The van der Waals surface area contributed by atoms with Gasteiger partial charge in [0.1, 0.15) is 5.56 Å². The maximum absolute atomic E-state index is 12.5. The normalized spacial score (nSPS) is 11.0. The molecular weight excluding hydrogens is 377 g/mol. The number of halogens is 2. The summed E-state index contributed by atoms with van der Waals surface area (Å²) < 4.78 is 1.57. The number of fused-ring (bicyclic) bond motifs is 1. The topological polar surface area (TPSA) is 79.5 Å². The number of aromatic carboxylic acids is 1. The van der Waals surface area contributed by atoms with E-state index in [4.69, 9.17) is 23.2 Å². The standard InChI is InChI=1S/C19H15Cl2NO4/c20-15-3-1-2-12(17(15)21)8-11-4-5-16-13(9-11)18(24)14(19(25)26)10-22(16)6-7-23/h1-5,9-10,23H,6-8H2,(H,25,26). The van der Waals surface area contributed by atoms with Gasteiger partial charge in [0.05, 0.1) is 22.2 Å². The fourth-order valence-electron chi connectivity index (χ4n) is 2.90. The fraction of sp³-hybridized carbons (Fsp3) is 0.158. The quantitative estimate of drug-likeness (QED) is 0.696. The van der Waals surface area contributed by atoms with Crippen LogP contribution in [0.4, 0.5) is 0 Å². The van der Waals surface area contributed by atoms with E-state index >= 15 is 0 Å². The summed E-state index contributed by atoms with van der Waals surface area (Å²) in [5.41, 5.74) is 1.29. The third-order valence-electron chi connectivity index (χ3n) is 4.14. The number of aliphatic hydroxyl groups excluding tert-OH is 1. The first-order valence-electron chi connectivity index (χ1n) is 7.85. The Hall–Kier alpha value is -2.34. The maximum atomic E-state index is 12.5. The number of benzene rings is 2. The minimum Gasteiger partial charge on any atom is -0.477 e. The number of carboxylic acid groups (broad SMARTS) is 1. The molecule has 0 amide bonds. The van der Waals surface area contributed by atoms with Crippen molar-refractivity contribution >= 4 is 40.1 Å². The molecule has 0 atom stereocenters. The Balaban J connectivity index is 2.15. The van der Waals surface area contributed by atoms with Crippen molar-refractivity contribution in [1.29, 1.82) is 0 Å². The van der Waals surface area contributed by atoms with E-state index in [9.17, 15) is 19.8 Å². The predicted molar refractivity (Wildman–Crippen MR) is 102 cm³/mol. The van der Waals surface area contributed by atoms with E-state index in [0.29, 0.717) is 22.0 Å². The van der Waals surface area contributed by atoms with Gasteiger partial charge in [-0.25, -0.2) is 4.79 Å². The van der Waals surface area contributed by atoms with Gasteiger partial charge in [-0.3, -0.25) is 4.79 Å². The van der Waals surface area contributed by atoms with Crippen LogP contribution in [0.15, 0.2) is 47.4 Å². The predicted octanol–water partition coefficient (Wildman–Crippen LogP) is 3.59. The Morgan fingerprint density at radius 1 is 1.15 bits per heavy atom. The second kappa shape index (κ2) is 7.50. The van der Waals surface area contributed by atoms with E-state index in [-0.39, 0.29) is 24.1 Å². The summed E-state index contributed by atoms with van der Waals surface area (Å²) >= 11 is 12.3. The highest BCUT2D eigenvalue weighted by Crippen LogP contribution is 2.28. The van der Waals surface area contributed by atoms with Crippen molar-refractivity contribution in [2.24, 2.45) is 0 Å². The summed E-state index contributed by atoms with van der Waals surface area (Å²) in [6.07, 6.45) is 1.71. The molecule has 0 aliphatic rings. The molecule has 7 heteroatoms. The van der Waals surface area contributed by atoms with E-state index < -0.39 is 11.4 Å². The first-order chi connectivity index (χ1) is 12.4. The largest absolute Gasteiger partial charge is 0.477 e. The van der Waals surface area contributed by atoms with Crippen molar-refractivity contribution in [2.45, 2.75) is 13.0 Å². The number of aliphatic hydroxyl groups is 1. The number of hydrogen-bond donors (Lipinski definition) is 2. The summed E-state index contributed by atoms with van der Waals surface area (Å²) in [5, 5.41) is 19.7. The minimum atomic E-state index is -1.30. The summed E-state index contributed by atoms with van der Waals surface area (Å²) in [5.74, 6) is -1.30. The third kappa shape index (κ3) is 3.46. The zero-order valence-corrected chi connectivity index (χ0v) is 15.1. The lowest BCUT2D eigenvalue weighted by Gasteiger charge is -2.12. The van der Waals surface area contributed by atoms with Gasteiger partial charge in [-0.05, 0) is 35.7 Å². The minimum absolute atomic E-state index is 0.170. The van der Waals surface area contributed by atoms with Gasteiger partial charge in [0, 0.05) is 18.1 Å². The average molecular weight is 392 g/mol. The number of rotatable bonds is 5. The zero-order valence-electron chi connectivity index (χ0n) is 13.6. The molecule has 0 saturated carbocycles. The molecule has 0 unspecified atom stereocenters. The smallest absolute Gasteiger partial charge is 0.341 e. The lowest BCUT2D eigenvalue weighted by molar-refractivity contribution is 0.0694. The van der Waals surface area contributed by atoms with E-state index in [1.807, 2.05) is 12.1 Å². The van der Waals surface area contributed by atoms with Gasteiger partial charge in [-0.2, -0.15) is 0 Å². The van der Waals surface area contributed by atoms with Crippen LogP contribution in [0.2, 0.25) is 10.0 Å².